The van der Waals surface area contributed by atoms with E-state index in [0.717, 1.165) is 16.8 Å². The average Bonchev–Trinajstić information content (AvgIpc) is 2.58. The van der Waals surface area contributed by atoms with E-state index in [4.69, 9.17) is 11.6 Å². The van der Waals surface area contributed by atoms with Crippen molar-refractivity contribution in [3.63, 3.8) is 0 Å². The van der Waals surface area contributed by atoms with Gasteiger partial charge in [-0.3, -0.25) is 4.79 Å². The second kappa shape index (κ2) is 7.32. The maximum Gasteiger partial charge on any atom is 0.274 e. The first-order chi connectivity index (χ1) is 12.0. The molecule has 0 spiro atoms. The van der Waals surface area contributed by atoms with Crippen LogP contribution >= 0.6 is 11.6 Å². The van der Waals surface area contributed by atoms with E-state index >= 15 is 0 Å². The van der Waals surface area contributed by atoms with Gasteiger partial charge in [-0.05, 0) is 49.2 Å². The smallest absolute Gasteiger partial charge is 0.274 e. The molecule has 0 fully saturated rings. The van der Waals surface area contributed by atoms with Crippen molar-refractivity contribution in [2.75, 3.05) is 10.6 Å². The minimum atomic E-state index is -0.325. The SMILES string of the molecule is Cc1cccc(C)c1Nc1nccc(C(=O)Nc2cccc(Cl)c2)n1. The number of amides is 1. The van der Waals surface area contributed by atoms with Gasteiger partial charge in [0.1, 0.15) is 5.69 Å². The third-order valence-corrected chi connectivity index (χ3v) is 3.92. The summed E-state index contributed by atoms with van der Waals surface area (Å²) in [5.41, 5.74) is 3.98. The zero-order valence-electron chi connectivity index (χ0n) is 13.9. The van der Waals surface area contributed by atoms with Crippen LogP contribution in [0.1, 0.15) is 21.6 Å². The summed E-state index contributed by atoms with van der Waals surface area (Å²) in [6.45, 7) is 4.01. The molecule has 0 aliphatic heterocycles. The summed E-state index contributed by atoms with van der Waals surface area (Å²) in [6, 6.07) is 14.5. The Morgan fingerprint density at radius 3 is 2.48 bits per heavy atom. The molecule has 5 nitrogen and oxygen atoms in total. The highest BCUT2D eigenvalue weighted by Gasteiger charge is 2.11. The molecule has 0 bridgehead atoms. The Bertz CT molecular complexity index is 907. The Labute approximate surface area is 151 Å². The molecule has 1 heterocycles. The van der Waals surface area contributed by atoms with E-state index < -0.39 is 0 Å². The molecular weight excluding hydrogens is 336 g/mol. The molecule has 25 heavy (non-hydrogen) atoms. The molecular formula is C19H17ClN4O. The van der Waals surface area contributed by atoms with E-state index in [1.807, 2.05) is 32.0 Å². The average molecular weight is 353 g/mol. The standard InChI is InChI=1S/C19H17ClN4O/c1-12-5-3-6-13(2)17(12)24-19-21-10-9-16(23-19)18(25)22-15-8-4-7-14(20)11-15/h3-11H,1-2H3,(H,22,25)(H,21,23,24). The quantitative estimate of drug-likeness (QED) is 0.711. The van der Waals surface area contributed by atoms with Gasteiger partial charge < -0.3 is 10.6 Å². The number of hydrogen-bond acceptors (Lipinski definition) is 4. The van der Waals surface area contributed by atoms with Crippen molar-refractivity contribution >= 4 is 34.8 Å². The van der Waals surface area contributed by atoms with Crippen molar-refractivity contribution in [1.82, 2.24) is 9.97 Å². The molecule has 126 valence electrons. The molecule has 0 unspecified atom stereocenters. The van der Waals surface area contributed by atoms with Crippen LogP contribution in [0.2, 0.25) is 5.02 Å². The van der Waals surface area contributed by atoms with Crippen LogP contribution in [0.4, 0.5) is 17.3 Å². The number of aryl methyl sites for hydroxylation is 2. The van der Waals surface area contributed by atoms with Crippen LogP contribution in [0.3, 0.4) is 0 Å². The number of carbonyl (C=O) groups excluding carboxylic acids is 1. The summed E-state index contributed by atoms with van der Waals surface area (Å²) in [5.74, 6) is 0.0466. The van der Waals surface area contributed by atoms with E-state index in [-0.39, 0.29) is 11.6 Å². The summed E-state index contributed by atoms with van der Waals surface area (Å²) in [5, 5.41) is 6.51. The number of nitrogens with one attached hydrogen (secondary N) is 2. The maximum atomic E-state index is 12.4. The fourth-order valence-corrected chi connectivity index (χ4v) is 2.62. The normalized spacial score (nSPS) is 10.4. The van der Waals surface area contributed by atoms with Crippen LogP contribution in [0.15, 0.2) is 54.7 Å². The number of halogens is 1. The zero-order valence-corrected chi connectivity index (χ0v) is 14.6. The summed E-state index contributed by atoms with van der Waals surface area (Å²) < 4.78 is 0. The topological polar surface area (TPSA) is 66.9 Å². The van der Waals surface area contributed by atoms with Gasteiger partial charge in [-0.15, -0.1) is 0 Å². The molecule has 0 atom stereocenters. The van der Waals surface area contributed by atoms with E-state index in [1.54, 1.807) is 36.5 Å². The van der Waals surface area contributed by atoms with Gasteiger partial charge in [-0.25, -0.2) is 9.97 Å². The number of aromatic nitrogens is 2. The second-order valence-electron chi connectivity index (χ2n) is 5.62. The van der Waals surface area contributed by atoms with Gasteiger partial charge in [0.15, 0.2) is 0 Å². The van der Waals surface area contributed by atoms with Crippen molar-refractivity contribution in [2.24, 2.45) is 0 Å². The van der Waals surface area contributed by atoms with Gasteiger partial charge in [0.2, 0.25) is 5.95 Å². The Morgan fingerprint density at radius 1 is 1.04 bits per heavy atom. The highest BCUT2D eigenvalue weighted by atomic mass is 35.5. The molecule has 2 N–H and O–H groups in total. The fraction of sp³-hybridized carbons (Fsp3) is 0.105. The highest BCUT2D eigenvalue weighted by Crippen LogP contribution is 2.22. The van der Waals surface area contributed by atoms with E-state index in [9.17, 15) is 4.79 Å². The number of carbonyl (C=O) groups is 1. The van der Waals surface area contributed by atoms with Gasteiger partial charge in [0.05, 0.1) is 0 Å². The predicted octanol–water partition coefficient (Wildman–Crippen LogP) is 4.74. The minimum Gasteiger partial charge on any atom is -0.324 e. The Kier molecular flexibility index (Phi) is 4.95. The van der Waals surface area contributed by atoms with E-state index in [1.165, 1.54) is 0 Å². The Hall–Kier alpha value is -2.92. The third-order valence-electron chi connectivity index (χ3n) is 3.69. The van der Waals surface area contributed by atoms with Crippen LogP contribution in [-0.2, 0) is 0 Å². The third kappa shape index (κ3) is 4.14. The number of para-hydroxylation sites is 1. The molecule has 1 amide bonds. The molecule has 2 aromatic carbocycles. The van der Waals surface area contributed by atoms with Crippen molar-refractivity contribution in [3.05, 3.63) is 76.6 Å². The summed E-state index contributed by atoms with van der Waals surface area (Å²) in [6.07, 6.45) is 1.55. The molecule has 6 heteroatoms. The van der Waals surface area contributed by atoms with Crippen molar-refractivity contribution < 1.29 is 4.79 Å². The molecule has 0 aliphatic rings. The first kappa shape index (κ1) is 16.9. The lowest BCUT2D eigenvalue weighted by Gasteiger charge is -2.12. The van der Waals surface area contributed by atoms with Crippen LogP contribution in [0.5, 0.6) is 0 Å². The summed E-state index contributed by atoms with van der Waals surface area (Å²) in [4.78, 5) is 20.9. The monoisotopic (exact) mass is 352 g/mol. The van der Waals surface area contributed by atoms with Gasteiger partial charge in [0.25, 0.3) is 5.91 Å². The van der Waals surface area contributed by atoms with E-state index in [0.29, 0.717) is 16.7 Å². The number of nitrogens with zero attached hydrogens (tertiary/aromatic N) is 2. The first-order valence-corrected chi connectivity index (χ1v) is 8.14. The minimum absolute atomic E-state index is 0.267. The molecule has 3 rings (SSSR count). The molecule has 0 radical (unpaired) electrons. The molecule has 1 aromatic heterocycles. The highest BCUT2D eigenvalue weighted by molar-refractivity contribution is 6.30. The lowest BCUT2D eigenvalue weighted by molar-refractivity contribution is 0.102. The first-order valence-electron chi connectivity index (χ1n) is 7.76. The molecule has 0 saturated heterocycles. The number of hydrogen-bond donors (Lipinski definition) is 2. The van der Waals surface area contributed by atoms with Crippen LogP contribution in [0.25, 0.3) is 0 Å². The van der Waals surface area contributed by atoms with Crippen LogP contribution in [0, 0.1) is 13.8 Å². The lowest BCUT2D eigenvalue weighted by Crippen LogP contribution is -2.15. The molecule has 3 aromatic rings. The van der Waals surface area contributed by atoms with Gasteiger partial charge in [-0.1, -0.05) is 35.9 Å². The van der Waals surface area contributed by atoms with Crippen molar-refractivity contribution in [2.45, 2.75) is 13.8 Å². The maximum absolute atomic E-state index is 12.4. The number of rotatable bonds is 4. The molecule has 0 aliphatic carbocycles. The van der Waals surface area contributed by atoms with Crippen molar-refractivity contribution in [3.8, 4) is 0 Å². The molecule has 0 saturated carbocycles. The largest absolute Gasteiger partial charge is 0.324 e. The van der Waals surface area contributed by atoms with Gasteiger partial charge in [0, 0.05) is 22.6 Å². The summed E-state index contributed by atoms with van der Waals surface area (Å²) >= 11 is 5.93. The zero-order chi connectivity index (χ0) is 17.8. The van der Waals surface area contributed by atoms with Gasteiger partial charge in [-0.2, -0.15) is 0 Å². The van der Waals surface area contributed by atoms with E-state index in [2.05, 4.69) is 20.6 Å². The second-order valence-corrected chi connectivity index (χ2v) is 6.06. The lowest BCUT2D eigenvalue weighted by atomic mass is 10.1. The van der Waals surface area contributed by atoms with Gasteiger partial charge >= 0.3 is 0 Å². The van der Waals surface area contributed by atoms with Crippen LogP contribution < -0.4 is 10.6 Å². The van der Waals surface area contributed by atoms with Crippen molar-refractivity contribution in [1.29, 1.82) is 0 Å². The Balaban J connectivity index is 1.80. The Morgan fingerprint density at radius 2 is 1.76 bits per heavy atom. The number of anilines is 3. The predicted molar refractivity (Wildman–Crippen MR) is 101 cm³/mol. The number of benzene rings is 2. The fourth-order valence-electron chi connectivity index (χ4n) is 2.43. The summed E-state index contributed by atoms with van der Waals surface area (Å²) in [7, 11) is 0. The van der Waals surface area contributed by atoms with Crippen LogP contribution in [-0.4, -0.2) is 15.9 Å².